The second-order valence-electron chi connectivity index (χ2n) is 16.9. The van der Waals surface area contributed by atoms with Crippen molar-refractivity contribution in [2.75, 3.05) is 6.61 Å². The number of hydrogen-bond acceptors (Lipinski definition) is 11. The molecular weight excluding hydrogens is 687 g/mol. The third-order valence-electron chi connectivity index (χ3n) is 7.78. The van der Waals surface area contributed by atoms with Gasteiger partial charge in [-0.3, -0.25) is 29.3 Å². The van der Waals surface area contributed by atoms with E-state index in [-0.39, 0.29) is 6.42 Å². The standard InChI is InChI=1S/C38H54F3NO10/c1-34(2,3)30(44)48-21-25-26(50-31(45)35(4,5)6)27(51-32(46)36(7,8)9)28(52-33(47)37(10,11)12)29(49-25)42-24(15-13-14-20-43)22-16-18-23(19-17-22)38(39,40)41/h13-14,16-20,24-29,42H,15,21H2,1-12H3/b14-13+/t24-,25+,26-,27-,28+,29+/m0/s1. The van der Waals surface area contributed by atoms with Gasteiger partial charge in [0.2, 0.25) is 0 Å². The van der Waals surface area contributed by atoms with Gasteiger partial charge in [-0.25, -0.2) is 0 Å². The molecule has 1 aromatic rings. The lowest BCUT2D eigenvalue weighted by Crippen LogP contribution is -2.66. The highest BCUT2D eigenvalue weighted by Crippen LogP contribution is 2.36. The summed E-state index contributed by atoms with van der Waals surface area (Å²) < 4.78 is 70.4. The van der Waals surface area contributed by atoms with Crippen LogP contribution >= 0.6 is 0 Å². The number of benzene rings is 1. The minimum absolute atomic E-state index is 0.0441. The van der Waals surface area contributed by atoms with Gasteiger partial charge >= 0.3 is 30.1 Å². The predicted octanol–water partition coefficient (Wildman–Crippen LogP) is 6.67. The molecule has 292 valence electrons. The van der Waals surface area contributed by atoms with E-state index in [9.17, 15) is 37.1 Å². The maximum Gasteiger partial charge on any atom is 0.416 e. The van der Waals surface area contributed by atoms with Crippen molar-refractivity contribution in [2.24, 2.45) is 21.7 Å². The van der Waals surface area contributed by atoms with Gasteiger partial charge in [0, 0.05) is 6.04 Å². The molecule has 52 heavy (non-hydrogen) atoms. The molecule has 0 radical (unpaired) electrons. The van der Waals surface area contributed by atoms with Crippen LogP contribution in [0.25, 0.3) is 0 Å². The first kappa shape index (κ1) is 44.4. The second kappa shape index (κ2) is 16.9. The van der Waals surface area contributed by atoms with Crippen LogP contribution in [-0.4, -0.2) is 67.4 Å². The molecule has 1 aromatic carbocycles. The van der Waals surface area contributed by atoms with Gasteiger partial charge in [-0.1, -0.05) is 18.2 Å². The van der Waals surface area contributed by atoms with Crippen LogP contribution in [0.1, 0.15) is 107 Å². The molecule has 1 aliphatic heterocycles. The quantitative estimate of drug-likeness (QED) is 0.112. The molecule has 0 bridgehead atoms. The Labute approximate surface area is 304 Å². The van der Waals surface area contributed by atoms with Crippen LogP contribution in [0.4, 0.5) is 13.2 Å². The molecular formula is C38H54F3NO10. The minimum Gasteiger partial charge on any atom is -0.462 e. The molecule has 1 heterocycles. The van der Waals surface area contributed by atoms with E-state index in [0.717, 1.165) is 12.1 Å². The third-order valence-corrected chi connectivity index (χ3v) is 7.78. The summed E-state index contributed by atoms with van der Waals surface area (Å²) in [5.74, 6) is -2.83. The van der Waals surface area contributed by atoms with E-state index in [1.165, 1.54) is 24.3 Å². The smallest absolute Gasteiger partial charge is 0.416 e. The van der Waals surface area contributed by atoms with Crippen molar-refractivity contribution in [1.29, 1.82) is 0 Å². The first-order valence-corrected chi connectivity index (χ1v) is 17.1. The Bertz CT molecular complexity index is 1440. The van der Waals surface area contributed by atoms with Crippen molar-refractivity contribution < 1.29 is 60.8 Å². The second-order valence-corrected chi connectivity index (χ2v) is 16.9. The lowest BCUT2D eigenvalue weighted by atomic mass is 9.92. The van der Waals surface area contributed by atoms with Crippen LogP contribution in [0.15, 0.2) is 36.4 Å². The van der Waals surface area contributed by atoms with Crippen LogP contribution in [0.3, 0.4) is 0 Å². The number of esters is 4. The number of alkyl halides is 3. The van der Waals surface area contributed by atoms with Crippen LogP contribution in [0.2, 0.25) is 0 Å². The summed E-state index contributed by atoms with van der Waals surface area (Å²) in [6.45, 7) is 18.8. The molecule has 0 spiro atoms. The van der Waals surface area contributed by atoms with Gasteiger partial charge < -0.3 is 23.7 Å². The van der Waals surface area contributed by atoms with Gasteiger partial charge in [-0.2, -0.15) is 13.2 Å². The van der Waals surface area contributed by atoms with Crippen molar-refractivity contribution >= 4 is 30.2 Å². The minimum atomic E-state index is -4.60. The van der Waals surface area contributed by atoms with E-state index in [1.54, 1.807) is 83.1 Å². The number of hydrogen-bond donors (Lipinski definition) is 1. The van der Waals surface area contributed by atoms with E-state index in [0.29, 0.717) is 11.8 Å². The fourth-order valence-corrected chi connectivity index (χ4v) is 4.54. The Hall–Kier alpha value is -3.78. The molecule has 6 atom stereocenters. The Morgan fingerprint density at radius 1 is 0.712 bits per heavy atom. The van der Waals surface area contributed by atoms with Gasteiger partial charge in [0.1, 0.15) is 19.0 Å². The van der Waals surface area contributed by atoms with Crippen LogP contribution in [0.5, 0.6) is 0 Å². The van der Waals surface area contributed by atoms with Crippen molar-refractivity contribution in [3.63, 3.8) is 0 Å². The van der Waals surface area contributed by atoms with Crippen LogP contribution < -0.4 is 5.32 Å². The van der Waals surface area contributed by atoms with Crippen molar-refractivity contribution in [3.05, 3.63) is 47.5 Å². The van der Waals surface area contributed by atoms with Gasteiger partial charge in [0.15, 0.2) is 24.5 Å². The Morgan fingerprint density at radius 2 is 1.15 bits per heavy atom. The van der Waals surface area contributed by atoms with Crippen LogP contribution in [0, 0.1) is 21.7 Å². The topological polar surface area (TPSA) is 144 Å². The Kier molecular flexibility index (Phi) is 14.4. The molecule has 11 nitrogen and oxygen atoms in total. The number of carbonyl (C=O) groups excluding carboxylic acids is 5. The summed E-state index contributed by atoms with van der Waals surface area (Å²) in [4.78, 5) is 64.6. The van der Waals surface area contributed by atoms with Crippen LogP contribution in [-0.2, 0) is 53.8 Å². The fraction of sp³-hybridized carbons (Fsp3) is 0.658. The number of nitrogens with one attached hydrogen (secondary N) is 1. The van der Waals surface area contributed by atoms with E-state index in [2.05, 4.69) is 5.32 Å². The summed E-state index contributed by atoms with van der Waals surface area (Å²) >= 11 is 0. The molecule has 0 aromatic heterocycles. The number of rotatable bonds is 11. The first-order valence-electron chi connectivity index (χ1n) is 17.1. The predicted molar refractivity (Wildman–Crippen MR) is 184 cm³/mol. The maximum atomic E-state index is 13.5. The highest BCUT2D eigenvalue weighted by atomic mass is 19.4. The molecule has 2 rings (SSSR count). The monoisotopic (exact) mass is 741 g/mol. The van der Waals surface area contributed by atoms with E-state index in [4.69, 9.17) is 23.7 Å². The average Bonchev–Trinajstić information content (AvgIpc) is 2.99. The van der Waals surface area contributed by atoms with Crippen molar-refractivity contribution in [2.45, 2.75) is 132 Å². The van der Waals surface area contributed by atoms with Gasteiger partial charge in [0.05, 0.1) is 27.2 Å². The summed E-state index contributed by atoms with van der Waals surface area (Å²) in [6, 6.07) is 3.43. The number of ether oxygens (including phenoxy) is 5. The zero-order valence-electron chi connectivity index (χ0n) is 32.1. The first-order chi connectivity index (χ1) is 23.6. The van der Waals surface area contributed by atoms with Gasteiger partial charge in [-0.15, -0.1) is 0 Å². The lowest BCUT2D eigenvalue weighted by Gasteiger charge is -2.47. The largest absolute Gasteiger partial charge is 0.462 e. The molecule has 1 N–H and O–H groups in total. The highest BCUT2D eigenvalue weighted by molar-refractivity contribution is 5.78. The summed E-state index contributed by atoms with van der Waals surface area (Å²) in [6.07, 6.45) is -8.56. The van der Waals surface area contributed by atoms with Gasteiger partial charge in [0.25, 0.3) is 0 Å². The molecule has 0 amide bonds. The molecule has 14 heteroatoms. The summed E-state index contributed by atoms with van der Waals surface area (Å²) in [7, 11) is 0. The molecule has 1 fully saturated rings. The Balaban J connectivity index is 2.84. The number of allylic oxidation sites excluding steroid dienone is 1. The van der Waals surface area contributed by atoms with Crippen molar-refractivity contribution in [3.8, 4) is 0 Å². The Morgan fingerprint density at radius 3 is 1.58 bits per heavy atom. The number of halogens is 3. The summed E-state index contributed by atoms with van der Waals surface area (Å²) in [5.41, 5.74) is -4.72. The lowest BCUT2D eigenvalue weighted by molar-refractivity contribution is -0.266. The molecule has 1 saturated heterocycles. The molecule has 1 aliphatic rings. The molecule has 0 aliphatic carbocycles. The molecule has 0 unspecified atom stereocenters. The maximum absolute atomic E-state index is 13.5. The van der Waals surface area contributed by atoms with E-state index in [1.807, 2.05) is 0 Å². The third kappa shape index (κ3) is 12.7. The number of carbonyl (C=O) groups is 5. The average molecular weight is 742 g/mol. The van der Waals surface area contributed by atoms with E-state index < -0.39 is 101 Å². The van der Waals surface area contributed by atoms with E-state index >= 15 is 0 Å². The number of aldehydes is 1. The summed E-state index contributed by atoms with van der Waals surface area (Å²) in [5, 5.41) is 3.17. The zero-order valence-corrected chi connectivity index (χ0v) is 32.1. The van der Waals surface area contributed by atoms with Crippen molar-refractivity contribution in [1.82, 2.24) is 5.32 Å². The van der Waals surface area contributed by atoms with Gasteiger partial charge in [-0.05, 0) is 113 Å². The highest BCUT2D eigenvalue weighted by Gasteiger charge is 2.55. The zero-order chi connectivity index (χ0) is 40.0. The SMILES string of the molecule is CC(C)(C)C(=O)OC[C@H]1O[C@@H](N[C@@H](C/C=C/C=O)c2ccc(C(F)(F)F)cc2)[C@H](OC(=O)C(C)(C)C)[C@@H](OC(=O)C(C)(C)C)[C@H]1OC(=O)C(C)(C)C. The fourth-order valence-electron chi connectivity index (χ4n) is 4.54. The normalized spacial score (nSPS) is 22.3. The molecule has 0 saturated carbocycles.